The van der Waals surface area contributed by atoms with Gasteiger partial charge in [0.05, 0.1) is 23.2 Å². The summed E-state index contributed by atoms with van der Waals surface area (Å²) < 4.78 is 0. The van der Waals surface area contributed by atoms with Crippen LogP contribution >= 0.6 is 0 Å². The van der Waals surface area contributed by atoms with E-state index in [9.17, 15) is 14.4 Å². The molecule has 1 spiro atoms. The molecule has 4 aliphatic heterocycles. The maximum absolute atomic E-state index is 13.4. The van der Waals surface area contributed by atoms with Gasteiger partial charge in [-0.3, -0.25) is 19.4 Å². The fourth-order valence-electron chi connectivity index (χ4n) is 8.58. The molecule has 5 aliphatic rings. The predicted octanol–water partition coefficient (Wildman–Crippen LogP) is 4.23. The van der Waals surface area contributed by atoms with Gasteiger partial charge >= 0.3 is 0 Å². The molecule has 44 heavy (non-hydrogen) atoms. The van der Waals surface area contributed by atoms with Crippen molar-refractivity contribution in [3.8, 4) is 0 Å². The summed E-state index contributed by atoms with van der Waals surface area (Å²) in [5, 5.41) is 7.11. The van der Waals surface area contributed by atoms with Gasteiger partial charge in [-0.05, 0) is 73.2 Å². The molecule has 2 atom stereocenters. The number of hydrogen-bond acceptors (Lipinski definition) is 6. The van der Waals surface area contributed by atoms with Crippen LogP contribution in [0.2, 0.25) is 0 Å². The molecule has 1 saturated heterocycles. The van der Waals surface area contributed by atoms with Crippen molar-refractivity contribution in [1.29, 1.82) is 0 Å². The number of nitrogens with zero attached hydrogens (tertiary/aromatic N) is 4. The average molecular weight is 585 g/mol. The van der Waals surface area contributed by atoms with Crippen LogP contribution in [0.5, 0.6) is 0 Å². The van der Waals surface area contributed by atoms with E-state index in [1.165, 1.54) is 5.56 Å². The maximum Gasteiger partial charge on any atom is 0.237 e. The van der Waals surface area contributed by atoms with Crippen molar-refractivity contribution < 1.29 is 14.4 Å². The lowest BCUT2D eigenvalue weighted by Crippen LogP contribution is -2.44. The van der Waals surface area contributed by atoms with Crippen molar-refractivity contribution >= 4 is 45.8 Å². The van der Waals surface area contributed by atoms with Crippen LogP contribution in [0, 0.1) is 0 Å². The molecule has 1 fully saturated rings. The molecule has 2 aromatic heterocycles. The first-order chi connectivity index (χ1) is 21.4. The minimum Gasteiger partial charge on any atom is -0.364 e. The van der Waals surface area contributed by atoms with Crippen molar-refractivity contribution in [2.45, 2.75) is 55.9 Å². The highest BCUT2D eigenvalue weighted by molar-refractivity contribution is 6.06. The average Bonchev–Trinajstić information content (AvgIpc) is 3.78. The Morgan fingerprint density at radius 2 is 1.77 bits per heavy atom. The van der Waals surface area contributed by atoms with Gasteiger partial charge in [0, 0.05) is 72.0 Å². The Morgan fingerprint density at radius 3 is 2.64 bits per heavy atom. The number of benzene rings is 2. The number of amides is 3. The van der Waals surface area contributed by atoms with E-state index < -0.39 is 10.8 Å². The molecule has 220 valence electrons. The van der Waals surface area contributed by atoms with Gasteiger partial charge in [-0.2, -0.15) is 0 Å². The zero-order chi connectivity index (χ0) is 29.6. The molecule has 9 heteroatoms. The summed E-state index contributed by atoms with van der Waals surface area (Å²) in [5.41, 5.74) is 6.95. The molecule has 2 aromatic carbocycles. The quantitative estimate of drug-likeness (QED) is 0.372. The van der Waals surface area contributed by atoms with Gasteiger partial charge in [-0.15, -0.1) is 0 Å². The summed E-state index contributed by atoms with van der Waals surface area (Å²) in [6.07, 6.45) is 5.73. The van der Waals surface area contributed by atoms with Crippen molar-refractivity contribution in [2.75, 3.05) is 35.2 Å². The molecule has 4 aromatic rings. The van der Waals surface area contributed by atoms with Crippen molar-refractivity contribution in [2.24, 2.45) is 0 Å². The third kappa shape index (κ3) is 3.68. The maximum atomic E-state index is 13.4. The number of anilines is 3. The van der Waals surface area contributed by atoms with E-state index in [1.807, 2.05) is 29.2 Å². The van der Waals surface area contributed by atoms with Crippen LogP contribution < -0.4 is 15.5 Å². The fourth-order valence-corrected chi connectivity index (χ4v) is 8.58. The standard InChI is InChI=1S/C35H32N6O3/c42-29-17-34(18-30(43)40-11-1-2-12-40)20-41(28-7-3-6-26(38-29)31(28)34)19-24-9-8-21-13-22-15-35(16-23(22)14-27(21)37-24)25-5-4-10-36-32(25)39-33(35)44/h3-10,13-14H,1-2,11-12,15-20H2,(H,38,42)(H,36,39,44)/t34?,35-/m0/s1. The largest absolute Gasteiger partial charge is 0.364 e. The molecular formula is C35H32N6O3. The summed E-state index contributed by atoms with van der Waals surface area (Å²) >= 11 is 0. The second kappa shape index (κ2) is 9.11. The summed E-state index contributed by atoms with van der Waals surface area (Å²) in [6.45, 7) is 2.78. The Bertz CT molecular complexity index is 1930. The van der Waals surface area contributed by atoms with Crippen LogP contribution in [0.15, 0.2) is 60.8 Å². The lowest BCUT2D eigenvalue weighted by atomic mass is 9.73. The topological polar surface area (TPSA) is 108 Å². The van der Waals surface area contributed by atoms with E-state index in [0.717, 1.165) is 70.6 Å². The smallest absolute Gasteiger partial charge is 0.237 e. The van der Waals surface area contributed by atoms with E-state index in [-0.39, 0.29) is 17.7 Å². The van der Waals surface area contributed by atoms with Crippen molar-refractivity contribution in [1.82, 2.24) is 14.9 Å². The Kier molecular flexibility index (Phi) is 5.32. The third-order valence-corrected chi connectivity index (χ3v) is 10.5. The first-order valence-electron chi connectivity index (χ1n) is 15.6. The highest BCUT2D eigenvalue weighted by Gasteiger charge is 2.52. The van der Waals surface area contributed by atoms with E-state index in [4.69, 9.17) is 4.98 Å². The van der Waals surface area contributed by atoms with Crippen molar-refractivity contribution in [3.63, 3.8) is 0 Å². The summed E-state index contributed by atoms with van der Waals surface area (Å²) in [7, 11) is 0. The number of rotatable bonds is 4. The number of carbonyl (C=O) groups is 3. The molecule has 3 amide bonds. The van der Waals surface area contributed by atoms with E-state index in [2.05, 4.69) is 50.8 Å². The number of hydrogen-bond donors (Lipinski definition) is 2. The number of pyridine rings is 2. The molecule has 0 radical (unpaired) electrons. The van der Waals surface area contributed by atoms with Crippen molar-refractivity contribution in [3.05, 3.63) is 88.7 Å². The minimum absolute atomic E-state index is 0.0178. The number of carbonyl (C=O) groups excluding carboxylic acids is 3. The zero-order valence-electron chi connectivity index (χ0n) is 24.4. The van der Waals surface area contributed by atoms with E-state index in [0.29, 0.717) is 44.6 Å². The molecular weight excluding hydrogens is 552 g/mol. The second-order valence-corrected chi connectivity index (χ2v) is 13.2. The normalized spacial score (nSPS) is 24.5. The first-order valence-corrected chi connectivity index (χ1v) is 15.6. The van der Waals surface area contributed by atoms with Gasteiger partial charge in [-0.25, -0.2) is 4.98 Å². The fraction of sp³-hybridized carbons (Fsp3) is 0.343. The van der Waals surface area contributed by atoms with Crippen LogP contribution in [0.4, 0.5) is 17.2 Å². The van der Waals surface area contributed by atoms with Gasteiger partial charge < -0.3 is 20.4 Å². The third-order valence-electron chi connectivity index (χ3n) is 10.5. The van der Waals surface area contributed by atoms with Crippen LogP contribution in [-0.4, -0.2) is 52.2 Å². The second-order valence-electron chi connectivity index (χ2n) is 13.2. The van der Waals surface area contributed by atoms with E-state index >= 15 is 0 Å². The van der Waals surface area contributed by atoms with Gasteiger partial charge in [-0.1, -0.05) is 18.2 Å². The number of nitrogens with one attached hydrogen (secondary N) is 2. The van der Waals surface area contributed by atoms with Crippen LogP contribution in [0.1, 0.15) is 53.6 Å². The zero-order valence-corrected chi connectivity index (χ0v) is 24.4. The minimum atomic E-state index is -0.614. The first kappa shape index (κ1) is 25.7. The van der Waals surface area contributed by atoms with Gasteiger partial charge in [0.15, 0.2) is 0 Å². The Labute approximate surface area is 254 Å². The molecule has 9 nitrogen and oxygen atoms in total. The highest BCUT2D eigenvalue weighted by Crippen LogP contribution is 2.52. The summed E-state index contributed by atoms with van der Waals surface area (Å²) in [5.74, 6) is 0.799. The van der Waals surface area contributed by atoms with Gasteiger partial charge in [0.1, 0.15) is 5.82 Å². The molecule has 9 rings (SSSR count). The molecule has 0 bridgehead atoms. The number of aromatic nitrogens is 2. The number of likely N-dealkylation sites (tertiary alicyclic amines) is 1. The van der Waals surface area contributed by atoms with Crippen LogP contribution in [0.25, 0.3) is 10.9 Å². The molecule has 0 saturated carbocycles. The summed E-state index contributed by atoms with van der Waals surface area (Å²) in [4.78, 5) is 53.3. The summed E-state index contributed by atoms with van der Waals surface area (Å²) in [6, 6.07) is 18.5. The Hall–Kier alpha value is -4.79. The monoisotopic (exact) mass is 584 g/mol. The highest BCUT2D eigenvalue weighted by atomic mass is 16.2. The lowest BCUT2D eigenvalue weighted by molar-refractivity contribution is -0.131. The molecule has 1 unspecified atom stereocenters. The van der Waals surface area contributed by atoms with Crippen LogP contribution in [0.3, 0.4) is 0 Å². The molecule has 6 heterocycles. The van der Waals surface area contributed by atoms with E-state index in [1.54, 1.807) is 6.20 Å². The van der Waals surface area contributed by atoms with Gasteiger partial charge in [0.25, 0.3) is 0 Å². The molecule has 1 aliphatic carbocycles. The Morgan fingerprint density at radius 1 is 0.932 bits per heavy atom. The predicted molar refractivity (Wildman–Crippen MR) is 167 cm³/mol. The van der Waals surface area contributed by atoms with Gasteiger partial charge in [0.2, 0.25) is 17.7 Å². The number of fused-ring (bicyclic) bond motifs is 4. The molecule has 2 N–H and O–H groups in total. The Balaban J connectivity index is 1.03. The van der Waals surface area contributed by atoms with Crippen LogP contribution in [-0.2, 0) is 44.6 Å². The lowest BCUT2D eigenvalue weighted by Gasteiger charge is -2.35. The SMILES string of the molecule is O=C1CC2(CC(=O)N3CCCC3)CN(Cc3ccc4cc5c(cc4n3)C[C@]3(C5)C(=O)Nc4ncccc43)c3cccc(c32)N1.